The minimum atomic E-state index is -1.14. The fourth-order valence-corrected chi connectivity index (χ4v) is 1.88. The Balaban J connectivity index is 2.15. The lowest BCUT2D eigenvalue weighted by atomic mass is 10.5. The molecule has 20 heavy (non-hydrogen) atoms. The molecule has 0 spiro atoms. The third kappa shape index (κ3) is 6.27. The molecule has 0 bridgehead atoms. The molecule has 1 atom stereocenters. The van der Waals surface area contributed by atoms with Crippen molar-refractivity contribution in [3.8, 4) is 0 Å². The van der Waals surface area contributed by atoms with Gasteiger partial charge in [-0.2, -0.15) is 0 Å². The number of nitrogens with zero attached hydrogens (tertiary/aromatic N) is 3. The summed E-state index contributed by atoms with van der Waals surface area (Å²) in [5.41, 5.74) is -0.137. The topological polar surface area (TPSA) is 126 Å². The second-order valence-electron chi connectivity index (χ2n) is 3.99. The molecule has 9 nitrogen and oxygen atoms in total. The minimum Gasteiger partial charge on any atom is -0.476 e. The maximum absolute atomic E-state index is 11.4. The van der Waals surface area contributed by atoms with Crippen LogP contribution in [0.2, 0.25) is 0 Å². The van der Waals surface area contributed by atoms with Crippen LogP contribution in [0.25, 0.3) is 0 Å². The average Bonchev–Trinajstić information content (AvgIpc) is 2.83. The van der Waals surface area contributed by atoms with Gasteiger partial charge in [0.25, 0.3) is 0 Å². The fourth-order valence-electron chi connectivity index (χ4n) is 1.33. The molecule has 0 fully saturated rings. The van der Waals surface area contributed by atoms with Crippen LogP contribution >= 0.6 is 0 Å². The Bertz CT molecular complexity index is 490. The van der Waals surface area contributed by atoms with Crippen LogP contribution in [0.1, 0.15) is 16.9 Å². The largest absolute Gasteiger partial charge is 0.476 e. The summed E-state index contributed by atoms with van der Waals surface area (Å²) < 4.78 is 12.1. The van der Waals surface area contributed by atoms with E-state index in [-0.39, 0.29) is 11.7 Å². The Kier molecular flexibility index (Phi) is 6.64. The third-order valence-electron chi connectivity index (χ3n) is 2.28. The quantitative estimate of drug-likeness (QED) is 0.531. The van der Waals surface area contributed by atoms with Gasteiger partial charge in [0.2, 0.25) is 0 Å². The van der Waals surface area contributed by atoms with E-state index in [9.17, 15) is 13.8 Å². The zero-order valence-electron chi connectivity index (χ0n) is 11.0. The number of carboxylic acid groups (broad SMARTS) is 1. The van der Waals surface area contributed by atoms with Crippen molar-refractivity contribution in [3.63, 3.8) is 0 Å². The van der Waals surface area contributed by atoms with Gasteiger partial charge < -0.3 is 15.7 Å². The fraction of sp³-hybridized carbons (Fsp3) is 0.600. The van der Waals surface area contributed by atoms with Crippen LogP contribution in [-0.2, 0) is 17.3 Å². The van der Waals surface area contributed by atoms with Crippen molar-refractivity contribution in [2.45, 2.75) is 13.0 Å². The lowest BCUT2D eigenvalue weighted by molar-refractivity contribution is 0.0690. The average molecular weight is 303 g/mol. The summed E-state index contributed by atoms with van der Waals surface area (Å²) in [6.07, 6.45) is 3.56. The van der Waals surface area contributed by atoms with Crippen molar-refractivity contribution < 1.29 is 18.9 Å². The summed E-state index contributed by atoms with van der Waals surface area (Å²) in [5, 5.41) is 20.9. The predicted molar refractivity (Wildman–Crippen MR) is 71.9 cm³/mol. The van der Waals surface area contributed by atoms with Gasteiger partial charge in [-0.05, 0) is 6.42 Å². The predicted octanol–water partition coefficient (Wildman–Crippen LogP) is -0.956. The SMILES string of the molecule is CS(=O)CCCNC(=O)NCCn1cc(C(=O)O)nn1. The van der Waals surface area contributed by atoms with Crippen LogP contribution in [0.5, 0.6) is 0 Å². The Morgan fingerprint density at radius 2 is 2.10 bits per heavy atom. The van der Waals surface area contributed by atoms with Gasteiger partial charge in [0.05, 0.1) is 12.7 Å². The van der Waals surface area contributed by atoms with Gasteiger partial charge in [-0.3, -0.25) is 4.21 Å². The van der Waals surface area contributed by atoms with Crippen molar-refractivity contribution in [3.05, 3.63) is 11.9 Å². The second kappa shape index (κ2) is 8.25. The first-order chi connectivity index (χ1) is 9.49. The number of urea groups is 1. The number of aromatic carboxylic acids is 1. The van der Waals surface area contributed by atoms with Crippen molar-refractivity contribution in [2.24, 2.45) is 0 Å². The first kappa shape index (κ1) is 16.1. The molecule has 1 aromatic heterocycles. The van der Waals surface area contributed by atoms with Gasteiger partial charge in [-0.25, -0.2) is 14.3 Å². The van der Waals surface area contributed by atoms with Crippen LogP contribution in [0.15, 0.2) is 6.20 Å². The van der Waals surface area contributed by atoms with Crippen LogP contribution in [0, 0.1) is 0 Å². The van der Waals surface area contributed by atoms with Gasteiger partial charge in [0.15, 0.2) is 5.69 Å². The highest BCUT2D eigenvalue weighted by atomic mass is 32.2. The standard InChI is InChI=1S/C10H17N5O4S/c1-20(19)6-2-3-11-10(18)12-4-5-15-7-8(9(16)17)13-14-15/h7H,2-6H2,1H3,(H,16,17)(H2,11,12,18). The summed E-state index contributed by atoms with van der Waals surface area (Å²) in [6.45, 7) is 1.08. The Hall–Kier alpha value is -1.97. The summed E-state index contributed by atoms with van der Waals surface area (Å²) >= 11 is 0. The van der Waals surface area contributed by atoms with Gasteiger partial charge in [-0.15, -0.1) is 5.10 Å². The van der Waals surface area contributed by atoms with E-state index in [0.29, 0.717) is 31.8 Å². The minimum absolute atomic E-state index is 0.137. The van der Waals surface area contributed by atoms with Crippen LogP contribution in [0.3, 0.4) is 0 Å². The molecule has 0 aliphatic heterocycles. The second-order valence-corrected chi connectivity index (χ2v) is 5.54. The molecular weight excluding hydrogens is 286 g/mol. The number of carbonyl (C=O) groups excluding carboxylic acids is 1. The molecular formula is C10H17N5O4S. The number of hydrogen-bond acceptors (Lipinski definition) is 5. The lowest BCUT2D eigenvalue weighted by Crippen LogP contribution is -2.38. The maximum Gasteiger partial charge on any atom is 0.358 e. The van der Waals surface area contributed by atoms with E-state index in [1.165, 1.54) is 10.9 Å². The molecule has 2 amide bonds. The molecule has 1 unspecified atom stereocenters. The number of carbonyl (C=O) groups is 2. The summed E-state index contributed by atoms with van der Waals surface area (Å²) in [6, 6.07) is -0.328. The molecule has 10 heteroatoms. The Labute approximate surface area is 118 Å². The van der Waals surface area contributed by atoms with Crippen molar-refractivity contribution in [1.29, 1.82) is 0 Å². The number of hydrogen-bond donors (Lipinski definition) is 3. The Morgan fingerprint density at radius 3 is 2.70 bits per heavy atom. The number of nitrogens with one attached hydrogen (secondary N) is 2. The van der Waals surface area contributed by atoms with E-state index in [2.05, 4.69) is 20.9 Å². The van der Waals surface area contributed by atoms with E-state index >= 15 is 0 Å². The number of aromatic nitrogens is 3. The molecule has 1 rings (SSSR count). The lowest BCUT2D eigenvalue weighted by Gasteiger charge is -2.06. The number of rotatable bonds is 8. The molecule has 0 radical (unpaired) electrons. The molecule has 0 saturated carbocycles. The van der Waals surface area contributed by atoms with E-state index in [1.54, 1.807) is 6.26 Å². The Morgan fingerprint density at radius 1 is 1.40 bits per heavy atom. The molecule has 0 aliphatic rings. The third-order valence-corrected chi connectivity index (χ3v) is 3.14. The maximum atomic E-state index is 11.4. The molecule has 3 N–H and O–H groups in total. The van der Waals surface area contributed by atoms with Gasteiger partial charge in [0, 0.05) is 35.9 Å². The number of carboxylic acids is 1. The summed E-state index contributed by atoms with van der Waals surface area (Å²) in [4.78, 5) is 21.9. The highest BCUT2D eigenvalue weighted by molar-refractivity contribution is 7.84. The zero-order valence-corrected chi connectivity index (χ0v) is 11.9. The molecule has 0 aromatic carbocycles. The van der Waals surface area contributed by atoms with E-state index < -0.39 is 16.8 Å². The first-order valence-corrected chi connectivity index (χ1v) is 7.67. The molecule has 1 heterocycles. The van der Waals surface area contributed by atoms with Gasteiger partial charge in [-0.1, -0.05) is 5.21 Å². The molecule has 112 valence electrons. The zero-order chi connectivity index (χ0) is 15.0. The van der Waals surface area contributed by atoms with Crippen LogP contribution in [-0.4, -0.2) is 61.4 Å². The van der Waals surface area contributed by atoms with E-state index in [1.807, 2.05) is 0 Å². The normalized spacial score (nSPS) is 11.8. The molecule has 0 saturated heterocycles. The van der Waals surface area contributed by atoms with Crippen LogP contribution in [0.4, 0.5) is 4.79 Å². The van der Waals surface area contributed by atoms with E-state index in [0.717, 1.165) is 0 Å². The smallest absolute Gasteiger partial charge is 0.358 e. The monoisotopic (exact) mass is 303 g/mol. The van der Waals surface area contributed by atoms with Gasteiger partial charge in [0.1, 0.15) is 0 Å². The van der Waals surface area contributed by atoms with Crippen LogP contribution < -0.4 is 10.6 Å². The van der Waals surface area contributed by atoms with Gasteiger partial charge >= 0.3 is 12.0 Å². The summed E-state index contributed by atoms with van der Waals surface area (Å²) in [7, 11) is -0.850. The van der Waals surface area contributed by atoms with Crippen molar-refractivity contribution in [1.82, 2.24) is 25.6 Å². The first-order valence-electron chi connectivity index (χ1n) is 5.94. The molecule has 0 aliphatic carbocycles. The number of amides is 2. The highest BCUT2D eigenvalue weighted by Crippen LogP contribution is 1.91. The van der Waals surface area contributed by atoms with E-state index in [4.69, 9.17) is 5.11 Å². The molecule has 1 aromatic rings. The summed E-state index contributed by atoms with van der Waals surface area (Å²) in [5.74, 6) is -0.590. The van der Waals surface area contributed by atoms with Crippen molar-refractivity contribution >= 4 is 22.8 Å². The highest BCUT2D eigenvalue weighted by Gasteiger charge is 2.07. The van der Waals surface area contributed by atoms with Crippen molar-refractivity contribution in [2.75, 3.05) is 25.1 Å².